The molecule has 0 aliphatic rings. The van der Waals surface area contributed by atoms with Gasteiger partial charge in [0.2, 0.25) is 5.91 Å². The number of anilines is 1. The molecule has 0 radical (unpaired) electrons. The molecule has 0 saturated heterocycles. The lowest BCUT2D eigenvalue weighted by Gasteiger charge is -2.07. The summed E-state index contributed by atoms with van der Waals surface area (Å²) in [6, 6.07) is 15.8. The van der Waals surface area contributed by atoms with E-state index < -0.39 is 0 Å². The molecule has 0 aliphatic carbocycles. The lowest BCUT2D eigenvalue weighted by Crippen LogP contribution is -2.08. The van der Waals surface area contributed by atoms with Crippen LogP contribution in [0.15, 0.2) is 65.3 Å². The Bertz CT molecular complexity index is 901. The fraction of sp³-hybridized carbons (Fsp3) is 0.100. The van der Waals surface area contributed by atoms with Gasteiger partial charge in [-0.2, -0.15) is 0 Å². The quantitative estimate of drug-likeness (QED) is 0.631. The third kappa shape index (κ3) is 3.89. The Labute approximate surface area is 149 Å². The van der Waals surface area contributed by atoms with Gasteiger partial charge in [0, 0.05) is 22.1 Å². The fourth-order valence-electron chi connectivity index (χ4n) is 2.44. The van der Waals surface area contributed by atoms with Crippen molar-refractivity contribution in [2.45, 2.75) is 13.3 Å². The van der Waals surface area contributed by atoms with E-state index in [0.717, 1.165) is 33.0 Å². The molecule has 3 aromatic rings. The molecule has 0 spiro atoms. The van der Waals surface area contributed by atoms with Crippen LogP contribution >= 0.6 is 15.9 Å². The minimum Gasteiger partial charge on any atom is -0.322 e. The topological polar surface area (TPSA) is 42.0 Å². The highest BCUT2D eigenvalue weighted by atomic mass is 79.9. The summed E-state index contributed by atoms with van der Waals surface area (Å²) >= 11 is 3.45. The van der Waals surface area contributed by atoms with Gasteiger partial charge in [0.15, 0.2) is 0 Å². The molecule has 3 rings (SSSR count). The van der Waals surface area contributed by atoms with Crippen LogP contribution < -0.4 is 5.32 Å². The number of benzene rings is 2. The Morgan fingerprint density at radius 1 is 1.17 bits per heavy atom. The molecule has 1 heterocycles. The zero-order chi connectivity index (χ0) is 16.9. The molecule has 1 amide bonds. The number of rotatable bonds is 4. The Hall–Kier alpha value is -2.46. The Morgan fingerprint density at radius 2 is 1.96 bits per heavy atom. The lowest BCUT2D eigenvalue weighted by atomic mass is 10.1. The van der Waals surface area contributed by atoms with E-state index in [2.05, 4.69) is 45.3 Å². The van der Waals surface area contributed by atoms with E-state index in [4.69, 9.17) is 0 Å². The number of nitrogens with zero attached hydrogens (tertiary/aromatic N) is 1. The lowest BCUT2D eigenvalue weighted by molar-refractivity contribution is -0.111. The molecule has 3 nitrogen and oxygen atoms in total. The summed E-state index contributed by atoms with van der Waals surface area (Å²) in [6.45, 7) is 2.12. The maximum Gasteiger partial charge on any atom is 0.248 e. The molecule has 0 bridgehead atoms. The highest BCUT2D eigenvalue weighted by Crippen LogP contribution is 2.25. The summed E-state index contributed by atoms with van der Waals surface area (Å²) in [5.41, 5.74) is 3.88. The summed E-state index contributed by atoms with van der Waals surface area (Å²) in [4.78, 5) is 16.5. The Balaban J connectivity index is 1.77. The van der Waals surface area contributed by atoms with Gasteiger partial charge in [0.1, 0.15) is 0 Å². The van der Waals surface area contributed by atoms with Crippen LogP contribution in [-0.4, -0.2) is 10.9 Å². The summed E-state index contributed by atoms with van der Waals surface area (Å²) in [5, 5.41) is 3.82. The van der Waals surface area contributed by atoms with E-state index in [1.165, 1.54) is 5.56 Å². The fourth-order valence-corrected chi connectivity index (χ4v) is 2.80. The van der Waals surface area contributed by atoms with Crippen LogP contribution in [0.1, 0.15) is 18.1 Å². The third-order valence-corrected chi connectivity index (χ3v) is 4.27. The summed E-state index contributed by atoms with van der Waals surface area (Å²) in [6.07, 6.45) is 6.06. The maximum absolute atomic E-state index is 12.2. The van der Waals surface area contributed by atoms with Gasteiger partial charge < -0.3 is 5.32 Å². The SMILES string of the molecule is CCc1ccc(/C=C/C(=O)Nc2ccnc3ccc(Br)cc23)cc1. The predicted octanol–water partition coefficient (Wildman–Crippen LogP) is 5.21. The zero-order valence-electron chi connectivity index (χ0n) is 13.3. The van der Waals surface area contributed by atoms with Crippen molar-refractivity contribution < 1.29 is 4.79 Å². The molecule has 0 aliphatic heterocycles. The molecule has 120 valence electrons. The first-order valence-electron chi connectivity index (χ1n) is 7.78. The number of aromatic nitrogens is 1. The molecule has 0 unspecified atom stereocenters. The van der Waals surface area contributed by atoms with Crippen molar-refractivity contribution in [3.05, 3.63) is 76.4 Å². The van der Waals surface area contributed by atoms with Crippen LogP contribution in [0.25, 0.3) is 17.0 Å². The van der Waals surface area contributed by atoms with Crippen LogP contribution in [0.3, 0.4) is 0 Å². The molecule has 1 aromatic heterocycles. The first-order chi connectivity index (χ1) is 11.7. The van der Waals surface area contributed by atoms with Crippen LogP contribution in [0.5, 0.6) is 0 Å². The van der Waals surface area contributed by atoms with E-state index in [9.17, 15) is 4.79 Å². The van der Waals surface area contributed by atoms with Crippen LogP contribution in [-0.2, 0) is 11.2 Å². The second kappa shape index (κ2) is 7.41. The monoisotopic (exact) mass is 380 g/mol. The van der Waals surface area contributed by atoms with Gasteiger partial charge >= 0.3 is 0 Å². The van der Waals surface area contributed by atoms with Gasteiger partial charge in [-0.15, -0.1) is 0 Å². The van der Waals surface area contributed by atoms with Gasteiger partial charge in [-0.25, -0.2) is 0 Å². The second-order valence-corrected chi connectivity index (χ2v) is 6.35. The number of carbonyl (C=O) groups excluding carboxylic acids is 1. The highest BCUT2D eigenvalue weighted by molar-refractivity contribution is 9.10. The van der Waals surface area contributed by atoms with E-state index in [0.29, 0.717) is 0 Å². The zero-order valence-corrected chi connectivity index (χ0v) is 14.9. The van der Waals surface area contributed by atoms with Crippen molar-refractivity contribution in [3.8, 4) is 0 Å². The van der Waals surface area contributed by atoms with Crippen LogP contribution in [0, 0.1) is 0 Å². The summed E-state index contributed by atoms with van der Waals surface area (Å²) < 4.78 is 0.949. The Kier molecular flexibility index (Phi) is 5.06. The molecular weight excluding hydrogens is 364 g/mol. The second-order valence-electron chi connectivity index (χ2n) is 5.44. The maximum atomic E-state index is 12.2. The van der Waals surface area contributed by atoms with E-state index in [1.54, 1.807) is 18.3 Å². The minimum atomic E-state index is -0.165. The van der Waals surface area contributed by atoms with Gasteiger partial charge in [0.25, 0.3) is 0 Å². The van der Waals surface area contributed by atoms with Crippen LogP contribution in [0.2, 0.25) is 0 Å². The largest absolute Gasteiger partial charge is 0.322 e. The number of carbonyl (C=O) groups is 1. The van der Waals surface area contributed by atoms with E-state index in [-0.39, 0.29) is 5.91 Å². The van der Waals surface area contributed by atoms with Crippen molar-refractivity contribution in [3.63, 3.8) is 0 Å². The average Bonchev–Trinajstić information content (AvgIpc) is 2.61. The smallest absolute Gasteiger partial charge is 0.248 e. The average molecular weight is 381 g/mol. The highest BCUT2D eigenvalue weighted by Gasteiger charge is 2.05. The molecule has 0 fully saturated rings. The normalized spacial score (nSPS) is 11.1. The number of pyridine rings is 1. The van der Waals surface area contributed by atoms with E-state index >= 15 is 0 Å². The van der Waals surface area contributed by atoms with Crippen molar-refractivity contribution in [2.24, 2.45) is 0 Å². The van der Waals surface area contributed by atoms with Crippen molar-refractivity contribution in [1.29, 1.82) is 0 Å². The molecule has 2 aromatic carbocycles. The molecule has 4 heteroatoms. The van der Waals surface area contributed by atoms with Crippen LogP contribution in [0.4, 0.5) is 5.69 Å². The van der Waals surface area contributed by atoms with Gasteiger partial charge in [-0.1, -0.05) is 47.1 Å². The number of nitrogens with one attached hydrogen (secondary N) is 1. The first-order valence-corrected chi connectivity index (χ1v) is 8.57. The van der Waals surface area contributed by atoms with Crippen molar-refractivity contribution in [2.75, 3.05) is 5.32 Å². The number of hydrogen-bond acceptors (Lipinski definition) is 2. The number of hydrogen-bond donors (Lipinski definition) is 1. The first kappa shape index (κ1) is 16.4. The molecule has 0 atom stereocenters. The molecule has 0 saturated carbocycles. The molecule has 24 heavy (non-hydrogen) atoms. The predicted molar refractivity (Wildman–Crippen MR) is 103 cm³/mol. The standard InChI is InChI=1S/C20H17BrN2O/c1-2-14-3-5-15(6-4-14)7-10-20(24)23-19-11-12-22-18-9-8-16(21)13-17(18)19/h3-13H,2H2,1H3,(H,22,23,24)/b10-7+. The van der Waals surface area contributed by atoms with Gasteiger partial charge in [0.05, 0.1) is 11.2 Å². The van der Waals surface area contributed by atoms with Crippen molar-refractivity contribution in [1.82, 2.24) is 4.98 Å². The Morgan fingerprint density at radius 3 is 2.71 bits per heavy atom. The summed E-state index contributed by atoms with van der Waals surface area (Å²) in [7, 11) is 0. The number of fused-ring (bicyclic) bond motifs is 1. The number of amides is 1. The van der Waals surface area contributed by atoms with Crippen molar-refractivity contribution >= 4 is 44.5 Å². The number of halogens is 1. The minimum absolute atomic E-state index is 0.165. The van der Waals surface area contributed by atoms with E-state index in [1.807, 2.05) is 36.4 Å². The van der Waals surface area contributed by atoms with Gasteiger partial charge in [-0.05, 0) is 47.9 Å². The summed E-state index contributed by atoms with van der Waals surface area (Å²) in [5.74, 6) is -0.165. The van der Waals surface area contributed by atoms with Gasteiger partial charge in [-0.3, -0.25) is 9.78 Å². The molecule has 1 N–H and O–H groups in total. The number of aryl methyl sites for hydroxylation is 1. The third-order valence-electron chi connectivity index (χ3n) is 3.78. The molecular formula is C20H17BrN2O.